The molecular weight excluding hydrogens is 198 g/mol. The van der Waals surface area contributed by atoms with Crippen LogP contribution in [0.5, 0.6) is 0 Å². The Kier molecular flexibility index (Phi) is 7.01. The summed E-state index contributed by atoms with van der Waals surface area (Å²) in [7, 11) is 0. The van der Waals surface area contributed by atoms with Gasteiger partial charge in [-0.25, -0.2) is 9.97 Å². The average Bonchev–Trinajstić information content (AvgIpc) is 2.33. The Hall–Kier alpha value is -1.51. The summed E-state index contributed by atoms with van der Waals surface area (Å²) in [6.07, 6.45) is 3.59. The van der Waals surface area contributed by atoms with Crippen molar-refractivity contribution in [3.05, 3.63) is 30.0 Å². The second-order valence-electron chi connectivity index (χ2n) is 2.80. The minimum Gasteiger partial charge on any atom is -0.261 e. The van der Waals surface area contributed by atoms with Crippen LogP contribution in [-0.2, 0) is 0 Å². The van der Waals surface area contributed by atoms with Crippen molar-refractivity contribution in [2.24, 2.45) is 0 Å². The predicted octanol–water partition coefficient (Wildman–Crippen LogP) is 3.69. The lowest BCUT2D eigenvalue weighted by Crippen LogP contribution is -1.89. The van der Waals surface area contributed by atoms with Crippen molar-refractivity contribution in [1.29, 1.82) is 0 Å². The molecule has 0 N–H and O–H groups in total. The molecule has 0 radical (unpaired) electrons. The molecule has 16 heavy (non-hydrogen) atoms. The number of nitrogens with zero attached hydrogens (tertiary/aromatic N) is 3. The molecule has 0 aliphatic rings. The third-order valence-electron chi connectivity index (χ3n) is 1.72. The first-order chi connectivity index (χ1) is 7.75. The molecule has 0 saturated carbocycles. The minimum absolute atomic E-state index is 0.799. The molecule has 0 unspecified atom stereocenters. The maximum Gasteiger partial charge on any atom is 0.125 e. The van der Waals surface area contributed by atoms with E-state index in [-0.39, 0.29) is 0 Å². The number of fused-ring (bicyclic) bond motifs is 1. The standard InChI is InChI=1S/C9H9N3.2C2H6/c1-6-3-9-8(4-10-6)5-11-7(2)12-9;2*1-2/h3-5H,1-2H3;2*1-2H3. The van der Waals surface area contributed by atoms with Gasteiger partial charge >= 0.3 is 0 Å². The Morgan fingerprint density at radius 2 is 1.44 bits per heavy atom. The molecule has 0 aromatic carbocycles. The van der Waals surface area contributed by atoms with Gasteiger partial charge in [0.2, 0.25) is 0 Å². The maximum atomic E-state index is 4.29. The molecule has 2 aromatic rings. The van der Waals surface area contributed by atoms with Crippen molar-refractivity contribution in [1.82, 2.24) is 15.0 Å². The minimum atomic E-state index is 0.799. The van der Waals surface area contributed by atoms with Crippen LogP contribution in [0.25, 0.3) is 10.9 Å². The van der Waals surface area contributed by atoms with Crippen molar-refractivity contribution >= 4 is 10.9 Å². The topological polar surface area (TPSA) is 38.7 Å². The Morgan fingerprint density at radius 3 is 2.06 bits per heavy atom. The van der Waals surface area contributed by atoms with E-state index in [1.807, 2.05) is 47.6 Å². The smallest absolute Gasteiger partial charge is 0.125 e. The van der Waals surface area contributed by atoms with Crippen molar-refractivity contribution in [2.45, 2.75) is 41.5 Å². The van der Waals surface area contributed by atoms with Gasteiger partial charge < -0.3 is 0 Å². The number of aryl methyl sites for hydroxylation is 2. The summed E-state index contributed by atoms with van der Waals surface area (Å²) >= 11 is 0. The lowest BCUT2D eigenvalue weighted by molar-refractivity contribution is 1.08. The molecule has 2 rings (SSSR count). The van der Waals surface area contributed by atoms with E-state index in [4.69, 9.17) is 0 Å². The Morgan fingerprint density at radius 1 is 0.875 bits per heavy atom. The van der Waals surface area contributed by atoms with Crippen LogP contribution in [0.15, 0.2) is 18.5 Å². The van der Waals surface area contributed by atoms with Gasteiger partial charge in [0, 0.05) is 23.5 Å². The Bertz CT molecular complexity index is 388. The van der Waals surface area contributed by atoms with Gasteiger partial charge in [-0.3, -0.25) is 4.98 Å². The number of pyridine rings is 1. The van der Waals surface area contributed by atoms with E-state index in [9.17, 15) is 0 Å². The molecular formula is C13H21N3. The molecule has 0 fully saturated rings. The first-order valence-electron chi connectivity index (χ1n) is 5.82. The number of hydrogen-bond acceptors (Lipinski definition) is 3. The van der Waals surface area contributed by atoms with E-state index in [1.54, 1.807) is 12.4 Å². The highest BCUT2D eigenvalue weighted by atomic mass is 14.9. The normalized spacial score (nSPS) is 8.62. The molecule has 0 aliphatic heterocycles. The third kappa shape index (κ3) is 3.93. The van der Waals surface area contributed by atoms with Gasteiger partial charge in [0.1, 0.15) is 5.82 Å². The van der Waals surface area contributed by atoms with Gasteiger partial charge in [-0.2, -0.15) is 0 Å². The molecule has 88 valence electrons. The Balaban J connectivity index is 0.000000509. The molecule has 0 aliphatic carbocycles. The first kappa shape index (κ1) is 14.5. The predicted molar refractivity (Wildman–Crippen MR) is 69.5 cm³/mol. The van der Waals surface area contributed by atoms with Gasteiger partial charge in [0.15, 0.2) is 0 Å². The Labute approximate surface area is 98.0 Å². The highest BCUT2D eigenvalue weighted by Gasteiger charge is 1.96. The zero-order valence-electron chi connectivity index (χ0n) is 11.1. The van der Waals surface area contributed by atoms with Gasteiger partial charge in [0.25, 0.3) is 0 Å². The number of aromatic nitrogens is 3. The lowest BCUT2D eigenvalue weighted by Gasteiger charge is -1.97. The highest BCUT2D eigenvalue weighted by Crippen LogP contribution is 2.09. The summed E-state index contributed by atoms with van der Waals surface area (Å²) in [6.45, 7) is 11.8. The summed E-state index contributed by atoms with van der Waals surface area (Å²) in [5, 5.41) is 0.992. The fourth-order valence-electron chi connectivity index (χ4n) is 1.12. The fraction of sp³-hybridized carbons (Fsp3) is 0.462. The molecule has 0 amide bonds. The second kappa shape index (κ2) is 7.74. The second-order valence-corrected chi connectivity index (χ2v) is 2.80. The molecule has 2 aromatic heterocycles. The molecule has 0 spiro atoms. The van der Waals surface area contributed by atoms with Crippen LogP contribution < -0.4 is 0 Å². The third-order valence-corrected chi connectivity index (χ3v) is 1.72. The van der Waals surface area contributed by atoms with Crippen LogP contribution >= 0.6 is 0 Å². The first-order valence-corrected chi connectivity index (χ1v) is 5.82. The van der Waals surface area contributed by atoms with Crippen LogP contribution in [0, 0.1) is 13.8 Å². The van der Waals surface area contributed by atoms with Gasteiger partial charge in [-0.1, -0.05) is 27.7 Å². The van der Waals surface area contributed by atoms with Crippen LogP contribution in [-0.4, -0.2) is 15.0 Å². The maximum absolute atomic E-state index is 4.29. The molecule has 0 bridgehead atoms. The van der Waals surface area contributed by atoms with Crippen molar-refractivity contribution in [3.63, 3.8) is 0 Å². The average molecular weight is 219 g/mol. The van der Waals surface area contributed by atoms with E-state index < -0.39 is 0 Å². The zero-order chi connectivity index (χ0) is 12.6. The van der Waals surface area contributed by atoms with Gasteiger partial charge in [0.05, 0.1) is 5.52 Å². The van der Waals surface area contributed by atoms with E-state index in [2.05, 4.69) is 15.0 Å². The van der Waals surface area contributed by atoms with Gasteiger partial charge in [-0.05, 0) is 19.9 Å². The van der Waals surface area contributed by atoms with Crippen molar-refractivity contribution in [3.8, 4) is 0 Å². The summed E-state index contributed by atoms with van der Waals surface area (Å²) in [6, 6.07) is 1.96. The molecule has 3 heteroatoms. The summed E-state index contributed by atoms with van der Waals surface area (Å²) in [4.78, 5) is 12.5. The number of hydrogen-bond donors (Lipinski definition) is 0. The van der Waals surface area contributed by atoms with E-state index in [0.29, 0.717) is 0 Å². The fourth-order valence-corrected chi connectivity index (χ4v) is 1.12. The zero-order valence-corrected chi connectivity index (χ0v) is 11.1. The largest absolute Gasteiger partial charge is 0.261 e. The SMILES string of the molecule is CC.CC.Cc1cc2nc(C)ncc2cn1. The molecule has 2 heterocycles. The van der Waals surface area contributed by atoms with E-state index >= 15 is 0 Å². The highest BCUT2D eigenvalue weighted by molar-refractivity contribution is 5.76. The van der Waals surface area contributed by atoms with E-state index in [1.165, 1.54) is 0 Å². The van der Waals surface area contributed by atoms with Crippen LogP contribution in [0.1, 0.15) is 39.2 Å². The van der Waals surface area contributed by atoms with Crippen molar-refractivity contribution in [2.75, 3.05) is 0 Å². The molecule has 0 saturated heterocycles. The van der Waals surface area contributed by atoms with Crippen LogP contribution in [0.3, 0.4) is 0 Å². The molecule has 3 nitrogen and oxygen atoms in total. The summed E-state index contributed by atoms with van der Waals surface area (Å²) in [5.74, 6) is 0.799. The van der Waals surface area contributed by atoms with Crippen molar-refractivity contribution < 1.29 is 0 Å². The van der Waals surface area contributed by atoms with Crippen LogP contribution in [0.2, 0.25) is 0 Å². The van der Waals surface area contributed by atoms with Crippen LogP contribution in [0.4, 0.5) is 0 Å². The van der Waals surface area contributed by atoms with Gasteiger partial charge in [-0.15, -0.1) is 0 Å². The molecule has 0 atom stereocenters. The summed E-state index contributed by atoms with van der Waals surface area (Å²) < 4.78 is 0. The number of rotatable bonds is 0. The van der Waals surface area contributed by atoms with E-state index in [0.717, 1.165) is 22.4 Å². The monoisotopic (exact) mass is 219 g/mol. The lowest BCUT2D eigenvalue weighted by atomic mass is 10.3. The summed E-state index contributed by atoms with van der Waals surface area (Å²) in [5.41, 5.74) is 1.95. The quantitative estimate of drug-likeness (QED) is 0.678.